The van der Waals surface area contributed by atoms with Crippen LogP contribution in [0.3, 0.4) is 0 Å². The highest BCUT2D eigenvalue weighted by Gasteiger charge is 2.24. The van der Waals surface area contributed by atoms with Crippen LogP contribution in [0.25, 0.3) is 0 Å². The minimum atomic E-state index is -0.882. The summed E-state index contributed by atoms with van der Waals surface area (Å²) in [7, 11) is 1.59. The summed E-state index contributed by atoms with van der Waals surface area (Å²) in [5.74, 6) is -0.572. The average Bonchev–Trinajstić information content (AvgIpc) is 2.95. The van der Waals surface area contributed by atoms with E-state index in [-0.39, 0.29) is 5.78 Å². The Bertz CT molecular complexity index is 691. The van der Waals surface area contributed by atoms with Crippen molar-refractivity contribution in [3.63, 3.8) is 0 Å². The average molecular weight is 316 g/mol. The number of Topliss-reactive ketones (excluding diaryl/α,β-unsaturated/α-hetero) is 1. The van der Waals surface area contributed by atoms with Gasteiger partial charge in [0.15, 0.2) is 11.7 Å². The topological polar surface area (TPSA) is 72.2 Å². The quantitative estimate of drug-likeness (QED) is 0.580. The molecule has 0 aliphatic rings. The molecule has 2 aromatic rings. The van der Waals surface area contributed by atoms with Crippen LogP contribution in [0.2, 0.25) is 0 Å². The van der Waals surface area contributed by atoms with Gasteiger partial charge in [0, 0.05) is 23.7 Å². The molecule has 1 heterocycles. The number of carbonyl (C=O) groups is 1. The van der Waals surface area contributed by atoms with Crippen molar-refractivity contribution >= 4 is 17.1 Å². The van der Waals surface area contributed by atoms with Crippen LogP contribution < -0.4 is 4.74 Å². The Morgan fingerprint density at radius 3 is 2.91 bits per heavy atom. The lowest BCUT2D eigenvalue weighted by molar-refractivity contribution is 0.0978. The van der Waals surface area contributed by atoms with E-state index in [1.54, 1.807) is 31.4 Å². The third kappa shape index (κ3) is 3.91. The molecule has 0 aliphatic carbocycles. The molecule has 0 amide bonds. The predicted octanol–water partition coefficient (Wildman–Crippen LogP) is 2.97. The predicted molar refractivity (Wildman–Crippen MR) is 83.3 cm³/mol. The molecule has 0 spiro atoms. The normalized spacial score (nSPS) is 11.7. The van der Waals surface area contributed by atoms with Gasteiger partial charge in [-0.1, -0.05) is 12.1 Å². The van der Waals surface area contributed by atoms with E-state index in [1.165, 1.54) is 11.3 Å². The van der Waals surface area contributed by atoms with Gasteiger partial charge in [0.05, 0.1) is 12.7 Å². The van der Waals surface area contributed by atoms with Gasteiger partial charge in [-0.3, -0.25) is 4.79 Å². The number of ether oxygens (including phenoxy) is 2. The molecule has 6 heteroatoms. The number of aryl methyl sites for hydroxylation is 1. The van der Waals surface area contributed by atoms with E-state index in [1.807, 2.05) is 18.4 Å². The third-order valence-electron chi connectivity index (χ3n) is 2.95. The van der Waals surface area contributed by atoms with E-state index >= 15 is 0 Å². The van der Waals surface area contributed by atoms with Gasteiger partial charge >= 0.3 is 0 Å². The summed E-state index contributed by atoms with van der Waals surface area (Å²) in [5.41, 5.74) is 1.25. The number of thiazole rings is 1. The van der Waals surface area contributed by atoms with Crippen molar-refractivity contribution < 1.29 is 14.3 Å². The number of nitriles is 1. The zero-order valence-electron chi connectivity index (χ0n) is 12.4. The summed E-state index contributed by atoms with van der Waals surface area (Å²) in [5, 5.41) is 11.7. The standard InChI is InChI=1S/C16H16N2O3S/c1-11-10-22-16(18-11)14(9-17)15(19)12-4-3-5-13(8-12)21-7-6-20-2/h3-5,8,10,14H,6-7H2,1-2H3/t14-/m1/s1. The number of nitrogens with zero attached hydrogens (tertiary/aromatic N) is 2. The van der Waals surface area contributed by atoms with Crippen LogP contribution in [-0.2, 0) is 4.74 Å². The minimum absolute atomic E-state index is 0.269. The molecule has 0 saturated heterocycles. The Hall–Kier alpha value is -2.23. The van der Waals surface area contributed by atoms with Crippen molar-refractivity contribution in [1.29, 1.82) is 5.26 Å². The third-order valence-corrected chi connectivity index (χ3v) is 3.98. The highest BCUT2D eigenvalue weighted by atomic mass is 32.1. The van der Waals surface area contributed by atoms with Crippen molar-refractivity contribution in [3.8, 4) is 11.8 Å². The first-order valence-electron chi connectivity index (χ1n) is 6.73. The molecule has 1 atom stereocenters. The lowest BCUT2D eigenvalue weighted by Crippen LogP contribution is -2.11. The Kier molecular flexibility index (Phi) is 5.64. The highest BCUT2D eigenvalue weighted by Crippen LogP contribution is 2.25. The first-order valence-corrected chi connectivity index (χ1v) is 7.61. The second-order valence-corrected chi connectivity index (χ2v) is 5.51. The molecule has 22 heavy (non-hydrogen) atoms. The van der Waals surface area contributed by atoms with Crippen LogP contribution in [-0.4, -0.2) is 31.1 Å². The van der Waals surface area contributed by atoms with Crippen molar-refractivity contribution in [1.82, 2.24) is 4.98 Å². The van der Waals surface area contributed by atoms with Gasteiger partial charge in [-0.15, -0.1) is 11.3 Å². The first-order chi connectivity index (χ1) is 10.7. The summed E-state index contributed by atoms with van der Waals surface area (Å²) in [6.07, 6.45) is 0. The van der Waals surface area contributed by atoms with Crippen LogP contribution in [0.5, 0.6) is 5.75 Å². The SMILES string of the molecule is COCCOc1cccc(C(=O)[C@@H](C#N)c2nc(C)cs2)c1. The van der Waals surface area contributed by atoms with E-state index in [4.69, 9.17) is 9.47 Å². The molecule has 0 unspecified atom stereocenters. The van der Waals surface area contributed by atoms with Gasteiger partial charge in [0.2, 0.25) is 0 Å². The number of benzene rings is 1. The molecule has 5 nitrogen and oxygen atoms in total. The minimum Gasteiger partial charge on any atom is -0.491 e. The lowest BCUT2D eigenvalue weighted by Gasteiger charge is -2.09. The number of hydrogen-bond donors (Lipinski definition) is 0. The molecular weight excluding hydrogens is 300 g/mol. The molecule has 2 rings (SSSR count). The van der Waals surface area contributed by atoms with Crippen LogP contribution in [0.1, 0.15) is 27.0 Å². The Balaban J connectivity index is 2.17. The van der Waals surface area contributed by atoms with E-state index in [9.17, 15) is 10.1 Å². The maximum atomic E-state index is 12.5. The van der Waals surface area contributed by atoms with E-state index in [0.717, 1.165) is 5.69 Å². The zero-order valence-corrected chi connectivity index (χ0v) is 13.2. The highest BCUT2D eigenvalue weighted by molar-refractivity contribution is 7.10. The van der Waals surface area contributed by atoms with Gasteiger partial charge in [-0.2, -0.15) is 5.26 Å². The molecule has 0 saturated carbocycles. The monoisotopic (exact) mass is 316 g/mol. The van der Waals surface area contributed by atoms with Crippen LogP contribution in [0.4, 0.5) is 0 Å². The number of hydrogen-bond acceptors (Lipinski definition) is 6. The lowest BCUT2D eigenvalue weighted by atomic mass is 9.99. The summed E-state index contributed by atoms with van der Waals surface area (Å²) in [6, 6.07) is 8.86. The second-order valence-electron chi connectivity index (χ2n) is 4.62. The summed E-state index contributed by atoms with van der Waals surface area (Å²) in [4.78, 5) is 16.8. The molecule has 0 radical (unpaired) electrons. The number of ketones is 1. The molecule has 1 aromatic heterocycles. The van der Waals surface area contributed by atoms with Crippen molar-refractivity contribution in [2.24, 2.45) is 0 Å². The van der Waals surface area contributed by atoms with Crippen LogP contribution >= 0.6 is 11.3 Å². The molecule has 0 fully saturated rings. The fourth-order valence-electron chi connectivity index (χ4n) is 1.88. The summed E-state index contributed by atoms with van der Waals surface area (Å²) in [6.45, 7) is 2.71. The van der Waals surface area contributed by atoms with E-state index in [2.05, 4.69) is 4.98 Å². The molecule has 0 N–H and O–H groups in total. The van der Waals surface area contributed by atoms with Gasteiger partial charge in [-0.05, 0) is 19.1 Å². The number of aromatic nitrogens is 1. The fourth-order valence-corrected chi connectivity index (χ4v) is 2.72. The van der Waals surface area contributed by atoms with Crippen molar-refractivity contribution in [2.75, 3.05) is 20.3 Å². The Morgan fingerprint density at radius 1 is 1.45 bits per heavy atom. The van der Waals surface area contributed by atoms with Crippen molar-refractivity contribution in [2.45, 2.75) is 12.8 Å². The van der Waals surface area contributed by atoms with E-state index in [0.29, 0.717) is 29.5 Å². The van der Waals surface area contributed by atoms with Gasteiger partial charge in [0.25, 0.3) is 0 Å². The zero-order chi connectivity index (χ0) is 15.9. The summed E-state index contributed by atoms with van der Waals surface area (Å²) < 4.78 is 10.4. The smallest absolute Gasteiger partial charge is 0.187 e. The number of carbonyl (C=O) groups excluding carboxylic acids is 1. The first kappa shape index (κ1) is 16.1. The molecule has 0 aliphatic heterocycles. The molecule has 1 aromatic carbocycles. The Labute approximate surface area is 133 Å². The number of rotatable bonds is 7. The summed E-state index contributed by atoms with van der Waals surface area (Å²) >= 11 is 1.32. The molecular formula is C16H16N2O3S. The van der Waals surface area contributed by atoms with Gasteiger partial charge in [-0.25, -0.2) is 4.98 Å². The largest absolute Gasteiger partial charge is 0.491 e. The van der Waals surface area contributed by atoms with Crippen LogP contribution in [0, 0.1) is 18.3 Å². The second kappa shape index (κ2) is 7.69. The van der Waals surface area contributed by atoms with Gasteiger partial charge < -0.3 is 9.47 Å². The van der Waals surface area contributed by atoms with E-state index < -0.39 is 5.92 Å². The molecule has 0 bridgehead atoms. The maximum absolute atomic E-state index is 12.5. The van der Waals surface area contributed by atoms with Crippen LogP contribution in [0.15, 0.2) is 29.6 Å². The van der Waals surface area contributed by atoms with Crippen molar-refractivity contribution in [3.05, 3.63) is 45.9 Å². The number of methoxy groups -OCH3 is 1. The fraction of sp³-hybridized carbons (Fsp3) is 0.312. The molecule has 114 valence electrons. The Morgan fingerprint density at radius 2 is 2.27 bits per heavy atom. The maximum Gasteiger partial charge on any atom is 0.187 e. The van der Waals surface area contributed by atoms with Gasteiger partial charge in [0.1, 0.15) is 17.4 Å².